The van der Waals surface area contributed by atoms with Crippen molar-refractivity contribution < 1.29 is 0 Å². The van der Waals surface area contributed by atoms with Crippen molar-refractivity contribution in [2.75, 3.05) is 12.3 Å². The number of benzene rings is 1. The number of aryl methyl sites for hydroxylation is 1. The molecular formula is C17H24ClN3S. The normalized spacial score (nSPS) is 18.9. The van der Waals surface area contributed by atoms with Crippen LogP contribution in [-0.4, -0.2) is 16.4 Å². The average molecular weight is 338 g/mol. The molecule has 22 heavy (non-hydrogen) atoms. The Morgan fingerprint density at radius 1 is 1.32 bits per heavy atom. The number of halogens is 1. The number of nitrogens with zero attached hydrogens (tertiary/aromatic N) is 2. The molecule has 1 atom stereocenters. The van der Waals surface area contributed by atoms with Crippen LogP contribution in [0.15, 0.2) is 24.4 Å². The molecule has 3 nitrogen and oxygen atoms in total. The predicted molar refractivity (Wildman–Crippen MR) is 96.7 cm³/mol. The molecule has 1 aliphatic heterocycles. The summed E-state index contributed by atoms with van der Waals surface area (Å²) in [6, 6.07) is 7.22. The van der Waals surface area contributed by atoms with Crippen LogP contribution in [0.5, 0.6) is 0 Å². The number of hydrogen-bond donors (Lipinski definition) is 1. The van der Waals surface area contributed by atoms with E-state index in [2.05, 4.69) is 41.9 Å². The molecule has 0 amide bonds. The van der Waals surface area contributed by atoms with Gasteiger partial charge >= 0.3 is 0 Å². The van der Waals surface area contributed by atoms with E-state index in [0.29, 0.717) is 11.2 Å². The highest BCUT2D eigenvalue weighted by Gasteiger charge is 2.25. The number of likely N-dealkylation sites (tertiary alicyclic amines) is 1. The zero-order valence-corrected chi connectivity index (χ0v) is 14.8. The second-order valence-corrected chi connectivity index (χ2v) is 7.08. The summed E-state index contributed by atoms with van der Waals surface area (Å²) in [5, 5.41) is 0.672. The van der Waals surface area contributed by atoms with Crippen LogP contribution in [0.3, 0.4) is 0 Å². The van der Waals surface area contributed by atoms with Gasteiger partial charge in [0.15, 0.2) is 5.13 Å². The number of piperidine rings is 1. The Balaban J connectivity index is 0.00000176. The summed E-state index contributed by atoms with van der Waals surface area (Å²) < 4.78 is 0. The van der Waals surface area contributed by atoms with Crippen molar-refractivity contribution in [2.45, 2.75) is 45.7 Å². The Morgan fingerprint density at radius 2 is 2.14 bits per heavy atom. The number of anilines is 1. The van der Waals surface area contributed by atoms with Gasteiger partial charge in [0.2, 0.25) is 0 Å². The first-order chi connectivity index (χ1) is 10.1. The van der Waals surface area contributed by atoms with Gasteiger partial charge in [-0.25, -0.2) is 4.98 Å². The van der Waals surface area contributed by atoms with Crippen LogP contribution in [0, 0.1) is 13.8 Å². The maximum atomic E-state index is 5.76. The highest BCUT2D eigenvalue weighted by atomic mass is 35.5. The maximum Gasteiger partial charge on any atom is 0.180 e. The SMILES string of the molecule is Cc1cccc(C2CCCCN2Cc2cnc(N)s2)c1C.Cl. The molecule has 3 rings (SSSR count). The first-order valence-electron chi connectivity index (χ1n) is 7.65. The monoisotopic (exact) mass is 337 g/mol. The molecule has 1 aromatic heterocycles. The number of hydrogen-bond acceptors (Lipinski definition) is 4. The molecule has 1 saturated heterocycles. The van der Waals surface area contributed by atoms with Crippen LogP contribution >= 0.6 is 23.7 Å². The van der Waals surface area contributed by atoms with Crippen molar-refractivity contribution in [1.29, 1.82) is 0 Å². The molecule has 0 aliphatic carbocycles. The molecule has 0 bridgehead atoms. The smallest absolute Gasteiger partial charge is 0.180 e. The summed E-state index contributed by atoms with van der Waals surface area (Å²) in [6.07, 6.45) is 5.78. The second kappa shape index (κ2) is 7.44. The number of aromatic nitrogens is 1. The van der Waals surface area contributed by atoms with Gasteiger partial charge in [0.25, 0.3) is 0 Å². The molecule has 1 aliphatic rings. The third-order valence-electron chi connectivity index (χ3n) is 4.55. The van der Waals surface area contributed by atoms with Crippen molar-refractivity contribution in [3.05, 3.63) is 46.0 Å². The number of rotatable bonds is 3. The van der Waals surface area contributed by atoms with Crippen molar-refractivity contribution in [3.63, 3.8) is 0 Å². The molecule has 1 aromatic carbocycles. The van der Waals surface area contributed by atoms with Gasteiger partial charge in [-0.2, -0.15) is 0 Å². The molecule has 5 heteroatoms. The van der Waals surface area contributed by atoms with E-state index >= 15 is 0 Å². The zero-order chi connectivity index (χ0) is 14.8. The molecule has 1 fully saturated rings. The molecule has 2 heterocycles. The van der Waals surface area contributed by atoms with Crippen molar-refractivity contribution in [3.8, 4) is 0 Å². The summed E-state index contributed by atoms with van der Waals surface area (Å²) in [5.41, 5.74) is 10.1. The first-order valence-corrected chi connectivity index (χ1v) is 8.47. The molecule has 2 N–H and O–H groups in total. The van der Waals surface area contributed by atoms with E-state index in [0.717, 1.165) is 13.1 Å². The Labute approximate surface area is 143 Å². The van der Waals surface area contributed by atoms with E-state index in [1.807, 2.05) is 6.20 Å². The van der Waals surface area contributed by atoms with Crippen LogP contribution in [0.4, 0.5) is 5.13 Å². The Morgan fingerprint density at radius 3 is 2.86 bits per heavy atom. The van der Waals surface area contributed by atoms with Gasteiger partial charge < -0.3 is 5.73 Å². The summed E-state index contributed by atoms with van der Waals surface area (Å²) >= 11 is 1.61. The second-order valence-electron chi connectivity index (χ2n) is 5.94. The Bertz CT molecular complexity index is 626. The van der Waals surface area contributed by atoms with E-state index in [1.54, 1.807) is 11.3 Å². The predicted octanol–water partition coefficient (Wildman–Crippen LogP) is 4.49. The quantitative estimate of drug-likeness (QED) is 0.897. The lowest BCUT2D eigenvalue weighted by Crippen LogP contribution is -2.33. The Kier molecular flexibility index (Phi) is 5.84. The standard InChI is InChI=1S/C17H23N3S.ClH/c1-12-6-5-7-15(13(12)2)16-8-3-4-9-20(16)11-14-10-19-17(18)21-14;/h5-7,10,16H,3-4,8-9,11H2,1-2H3,(H2,18,19);1H. The molecule has 2 aromatic rings. The minimum absolute atomic E-state index is 0. The van der Waals surface area contributed by atoms with E-state index < -0.39 is 0 Å². The van der Waals surface area contributed by atoms with Gasteiger partial charge in [0, 0.05) is 23.7 Å². The van der Waals surface area contributed by atoms with Gasteiger partial charge in [-0.15, -0.1) is 23.7 Å². The lowest BCUT2D eigenvalue weighted by atomic mass is 9.90. The van der Waals surface area contributed by atoms with Gasteiger partial charge in [-0.1, -0.05) is 24.6 Å². The fraction of sp³-hybridized carbons (Fsp3) is 0.471. The van der Waals surface area contributed by atoms with Gasteiger partial charge in [0.1, 0.15) is 0 Å². The summed E-state index contributed by atoms with van der Waals surface area (Å²) in [5.74, 6) is 0. The molecule has 1 unspecified atom stereocenters. The largest absolute Gasteiger partial charge is 0.375 e. The van der Waals surface area contributed by atoms with Crippen molar-refractivity contribution in [1.82, 2.24) is 9.88 Å². The van der Waals surface area contributed by atoms with Crippen LogP contribution in [0.25, 0.3) is 0 Å². The third kappa shape index (κ3) is 3.62. The van der Waals surface area contributed by atoms with Gasteiger partial charge in [-0.05, 0) is 49.9 Å². The molecular weight excluding hydrogens is 314 g/mol. The Hall–Kier alpha value is -1.10. The van der Waals surface area contributed by atoms with Crippen LogP contribution in [0.2, 0.25) is 0 Å². The third-order valence-corrected chi connectivity index (χ3v) is 5.36. The average Bonchev–Trinajstić information content (AvgIpc) is 2.88. The fourth-order valence-corrected chi connectivity index (χ4v) is 3.97. The highest BCUT2D eigenvalue weighted by molar-refractivity contribution is 7.15. The summed E-state index contributed by atoms with van der Waals surface area (Å²) in [7, 11) is 0. The summed E-state index contributed by atoms with van der Waals surface area (Å²) in [4.78, 5) is 8.04. The van der Waals surface area contributed by atoms with E-state index in [9.17, 15) is 0 Å². The first kappa shape index (κ1) is 17.3. The van der Waals surface area contributed by atoms with Crippen molar-refractivity contribution in [2.24, 2.45) is 0 Å². The van der Waals surface area contributed by atoms with E-state index in [4.69, 9.17) is 5.73 Å². The minimum Gasteiger partial charge on any atom is -0.375 e. The maximum absolute atomic E-state index is 5.76. The zero-order valence-electron chi connectivity index (χ0n) is 13.2. The fourth-order valence-electron chi connectivity index (χ4n) is 3.26. The van der Waals surface area contributed by atoms with E-state index in [1.165, 1.54) is 40.8 Å². The number of nitrogen functional groups attached to an aromatic ring is 1. The summed E-state index contributed by atoms with van der Waals surface area (Å²) in [6.45, 7) is 6.58. The molecule has 0 spiro atoms. The molecule has 120 valence electrons. The van der Waals surface area contributed by atoms with Gasteiger partial charge in [0.05, 0.1) is 0 Å². The van der Waals surface area contributed by atoms with E-state index in [-0.39, 0.29) is 12.4 Å². The van der Waals surface area contributed by atoms with Gasteiger partial charge in [-0.3, -0.25) is 4.90 Å². The lowest BCUT2D eigenvalue weighted by molar-refractivity contribution is 0.141. The van der Waals surface area contributed by atoms with Crippen LogP contribution in [-0.2, 0) is 6.54 Å². The molecule has 0 radical (unpaired) electrons. The molecule has 0 saturated carbocycles. The lowest BCUT2D eigenvalue weighted by Gasteiger charge is -2.36. The topological polar surface area (TPSA) is 42.2 Å². The number of nitrogens with two attached hydrogens (primary N) is 1. The minimum atomic E-state index is 0. The van der Waals surface area contributed by atoms with Crippen molar-refractivity contribution >= 4 is 28.9 Å². The van der Waals surface area contributed by atoms with Crippen LogP contribution in [0.1, 0.15) is 46.9 Å². The number of thiazole rings is 1. The van der Waals surface area contributed by atoms with Crippen LogP contribution < -0.4 is 5.73 Å². The highest BCUT2D eigenvalue weighted by Crippen LogP contribution is 2.35.